The Balaban J connectivity index is 2.36. The Bertz CT molecular complexity index is 462. The molecule has 1 fully saturated rings. The van der Waals surface area contributed by atoms with Crippen LogP contribution in [-0.2, 0) is 5.88 Å². The highest BCUT2D eigenvalue weighted by Gasteiger charge is 2.28. The van der Waals surface area contributed by atoms with Gasteiger partial charge in [-0.05, 0) is 36.5 Å². The molecule has 1 unspecified atom stereocenters. The second kappa shape index (κ2) is 5.63. The number of hydrogen-bond donors (Lipinski definition) is 0. The lowest BCUT2D eigenvalue weighted by Gasteiger charge is -2.30. The van der Waals surface area contributed by atoms with E-state index in [0.717, 1.165) is 23.4 Å². The molecule has 1 aliphatic heterocycles. The van der Waals surface area contributed by atoms with Gasteiger partial charge < -0.3 is 4.90 Å². The van der Waals surface area contributed by atoms with Gasteiger partial charge >= 0.3 is 0 Å². The maximum atomic E-state index is 9.30. The van der Waals surface area contributed by atoms with Crippen molar-refractivity contribution in [3.63, 3.8) is 0 Å². The minimum Gasteiger partial charge on any atom is -0.367 e. The maximum absolute atomic E-state index is 9.30. The van der Waals surface area contributed by atoms with Gasteiger partial charge in [-0.25, -0.2) is 0 Å². The number of rotatable bonds is 3. The highest BCUT2D eigenvalue weighted by molar-refractivity contribution is 6.17. The van der Waals surface area contributed by atoms with Crippen molar-refractivity contribution in [2.24, 2.45) is 5.92 Å². The molecule has 1 aromatic rings. The number of hydrogen-bond acceptors (Lipinski definition) is 2. The minimum atomic E-state index is 0.461. The summed E-state index contributed by atoms with van der Waals surface area (Å²) in [5.41, 5.74) is 2.83. The molecule has 2 nitrogen and oxygen atoms in total. The van der Waals surface area contributed by atoms with Gasteiger partial charge in [0.25, 0.3) is 0 Å². The van der Waals surface area contributed by atoms with Crippen molar-refractivity contribution in [2.45, 2.75) is 38.6 Å². The Morgan fingerprint density at radius 2 is 2.28 bits per heavy atom. The molecule has 0 N–H and O–H groups in total. The summed E-state index contributed by atoms with van der Waals surface area (Å²) in [5.74, 6) is 1.08. The number of nitrogens with zero attached hydrogens (tertiary/aromatic N) is 2. The van der Waals surface area contributed by atoms with Crippen molar-refractivity contribution < 1.29 is 0 Å². The average molecular weight is 263 g/mol. The number of anilines is 1. The predicted octanol–water partition coefficient (Wildman–Crippen LogP) is 3.92. The van der Waals surface area contributed by atoms with Crippen LogP contribution in [0.25, 0.3) is 0 Å². The average Bonchev–Trinajstić information content (AvgIpc) is 2.87. The van der Waals surface area contributed by atoms with E-state index in [0.29, 0.717) is 17.8 Å². The van der Waals surface area contributed by atoms with E-state index < -0.39 is 0 Å². The predicted molar refractivity (Wildman–Crippen MR) is 75.9 cm³/mol. The molecule has 0 saturated carbocycles. The number of benzene rings is 1. The van der Waals surface area contributed by atoms with Crippen LogP contribution < -0.4 is 4.90 Å². The van der Waals surface area contributed by atoms with Crippen LogP contribution in [0.2, 0.25) is 0 Å². The van der Waals surface area contributed by atoms with E-state index in [1.165, 1.54) is 12.8 Å². The number of alkyl halides is 1. The molecule has 1 atom stereocenters. The second-order valence-electron chi connectivity index (χ2n) is 5.24. The summed E-state index contributed by atoms with van der Waals surface area (Å²) >= 11 is 5.82. The fraction of sp³-hybridized carbons (Fsp3) is 0.533. The van der Waals surface area contributed by atoms with Crippen LogP contribution in [0.5, 0.6) is 0 Å². The highest BCUT2D eigenvalue weighted by Crippen LogP contribution is 2.32. The topological polar surface area (TPSA) is 27.0 Å². The van der Waals surface area contributed by atoms with Crippen LogP contribution in [0.15, 0.2) is 18.2 Å². The molecule has 0 aromatic heterocycles. The fourth-order valence-electron chi connectivity index (χ4n) is 2.79. The van der Waals surface area contributed by atoms with E-state index in [2.05, 4.69) is 30.9 Å². The van der Waals surface area contributed by atoms with E-state index in [9.17, 15) is 5.26 Å². The van der Waals surface area contributed by atoms with Gasteiger partial charge in [-0.2, -0.15) is 5.26 Å². The second-order valence-corrected chi connectivity index (χ2v) is 5.51. The lowest BCUT2D eigenvalue weighted by molar-refractivity contribution is 0.492. The molecule has 0 amide bonds. The summed E-state index contributed by atoms with van der Waals surface area (Å²) in [5, 5.41) is 9.30. The first-order valence-electron chi connectivity index (χ1n) is 6.53. The summed E-state index contributed by atoms with van der Waals surface area (Å²) in [6.07, 6.45) is 2.44. The van der Waals surface area contributed by atoms with Gasteiger partial charge in [0, 0.05) is 18.5 Å². The molecule has 0 spiro atoms. The molecule has 0 bridgehead atoms. The van der Waals surface area contributed by atoms with E-state index in [1.807, 2.05) is 12.1 Å². The van der Waals surface area contributed by atoms with E-state index in [1.54, 1.807) is 0 Å². The largest absolute Gasteiger partial charge is 0.367 e. The summed E-state index contributed by atoms with van der Waals surface area (Å²) in [6, 6.07) is 8.85. The fourth-order valence-corrected chi connectivity index (χ4v) is 2.96. The van der Waals surface area contributed by atoms with E-state index in [-0.39, 0.29) is 0 Å². The number of nitriles is 1. The Morgan fingerprint density at radius 3 is 2.89 bits per heavy atom. The number of halogens is 1. The van der Waals surface area contributed by atoms with Crippen molar-refractivity contribution in [3.8, 4) is 6.07 Å². The molecule has 96 valence electrons. The summed E-state index contributed by atoms with van der Waals surface area (Å²) in [6.45, 7) is 5.56. The van der Waals surface area contributed by atoms with Crippen molar-refractivity contribution in [1.82, 2.24) is 0 Å². The van der Waals surface area contributed by atoms with Crippen LogP contribution in [0.1, 0.15) is 37.8 Å². The molecule has 1 aliphatic rings. The Kier molecular flexibility index (Phi) is 4.14. The lowest BCUT2D eigenvalue weighted by atomic mass is 10.0. The Morgan fingerprint density at radius 1 is 1.50 bits per heavy atom. The zero-order valence-corrected chi connectivity index (χ0v) is 11.7. The van der Waals surface area contributed by atoms with Crippen molar-refractivity contribution in [3.05, 3.63) is 29.3 Å². The molecule has 2 rings (SSSR count). The third kappa shape index (κ3) is 2.47. The van der Waals surface area contributed by atoms with Crippen molar-refractivity contribution >= 4 is 17.3 Å². The summed E-state index contributed by atoms with van der Waals surface area (Å²) in [7, 11) is 0. The molecule has 3 heteroatoms. The first-order chi connectivity index (χ1) is 8.67. The molecule has 0 radical (unpaired) electrons. The molecular weight excluding hydrogens is 244 g/mol. The van der Waals surface area contributed by atoms with Crippen LogP contribution in [-0.4, -0.2) is 12.6 Å². The third-order valence-corrected chi connectivity index (χ3v) is 4.02. The van der Waals surface area contributed by atoms with Gasteiger partial charge in [-0.15, -0.1) is 11.6 Å². The zero-order chi connectivity index (χ0) is 13.1. The van der Waals surface area contributed by atoms with Gasteiger partial charge in [0.05, 0.1) is 11.3 Å². The monoisotopic (exact) mass is 262 g/mol. The first-order valence-corrected chi connectivity index (χ1v) is 7.06. The minimum absolute atomic E-state index is 0.461. The van der Waals surface area contributed by atoms with Gasteiger partial charge in [0.1, 0.15) is 6.07 Å². The molecule has 1 aromatic carbocycles. The Hall–Kier alpha value is -1.20. The molecule has 1 saturated heterocycles. The van der Waals surface area contributed by atoms with Gasteiger partial charge in [-0.1, -0.05) is 19.9 Å². The van der Waals surface area contributed by atoms with Gasteiger partial charge in [0.2, 0.25) is 0 Å². The van der Waals surface area contributed by atoms with Crippen molar-refractivity contribution in [2.75, 3.05) is 11.4 Å². The van der Waals surface area contributed by atoms with Crippen molar-refractivity contribution in [1.29, 1.82) is 5.26 Å². The van der Waals surface area contributed by atoms with Crippen LogP contribution >= 0.6 is 11.6 Å². The molecule has 18 heavy (non-hydrogen) atoms. The van der Waals surface area contributed by atoms with Gasteiger partial charge in [-0.3, -0.25) is 0 Å². The van der Waals surface area contributed by atoms with Crippen LogP contribution in [0.3, 0.4) is 0 Å². The van der Waals surface area contributed by atoms with E-state index in [4.69, 9.17) is 11.6 Å². The zero-order valence-electron chi connectivity index (χ0n) is 11.0. The quantitative estimate of drug-likeness (QED) is 0.772. The summed E-state index contributed by atoms with van der Waals surface area (Å²) in [4.78, 5) is 2.39. The summed E-state index contributed by atoms with van der Waals surface area (Å²) < 4.78 is 0. The highest BCUT2D eigenvalue weighted by atomic mass is 35.5. The third-order valence-electron chi connectivity index (χ3n) is 3.71. The molecule has 0 aliphatic carbocycles. The molecule has 1 heterocycles. The Labute approximate surface area is 114 Å². The first kappa shape index (κ1) is 13.2. The normalized spacial score (nSPS) is 19.3. The van der Waals surface area contributed by atoms with E-state index >= 15 is 0 Å². The molecular formula is C15H19ClN2. The standard InChI is InChI=1S/C15H19ClN2/c1-11(2)14-4-3-7-18(14)15-6-5-12(9-16)8-13(15)10-17/h5-6,8,11,14H,3-4,7,9H2,1-2H3. The smallest absolute Gasteiger partial charge is 0.101 e. The SMILES string of the molecule is CC(C)C1CCCN1c1ccc(CCl)cc1C#N. The van der Waals surface area contributed by atoms with Crippen LogP contribution in [0.4, 0.5) is 5.69 Å². The van der Waals surface area contributed by atoms with Crippen LogP contribution in [0, 0.1) is 17.2 Å². The lowest BCUT2D eigenvalue weighted by Crippen LogP contribution is -2.33. The maximum Gasteiger partial charge on any atom is 0.101 e. The van der Waals surface area contributed by atoms with Gasteiger partial charge in [0.15, 0.2) is 0 Å².